The van der Waals surface area contributed by atoms with E-state index in [1.807, 2.05) is 0 Å². The molecule has 1 fully saturated rings. The number of Topliss-reactive ketones (excluding diaryl/α,β-unsaturated/α-hetero) is 1. The second-order valence-corrected chi connectivity index (χ2v) is 7.28. The van der Waals surface area contributed by atoms with Gasteiger partial charge in [0.05, 0.1) is 18.6 Å². The number of hydrogen-bond donors (Lipinski definition) is 1. The van der Waals surface area contributed by atoms with E-state index in [1.165, 1.54) is 0 Å². The number of halogens is 1. The van der Waals surface area contributed by atoms with Crippen molar-refractivity contribution in [2.75, 3.05) is 6.61 Å². The van der Waals surface area contributed by atoms with E-state index in [-0.39, 0.29) is 13.0 Å². The molecule has 4 atom stereocenters. The monoisotopic (exact) mass is 397 g/mol. The van der Waals surface area contributed by atoms with Crippen molar-refractivity contribution < 1.29 is 19.4 Å². The molecule has 0 radical (unpaired) electrons. The van der Waals surface area contributed by atoms with Crippen LogP contribution in [0.15, 0.2) is 54.6 Å². The van der Waals surface area contributed by atoms with Crippen LogP contribution in [0.4, 0.5) is 0 Å². The molecule has 0 heterocycles. The van der Waals surface area contributed by atoms with Crippen LogP contribution < -0.4 is 0 Å². The first-order valence-electron chi connectivity index (χ1n) is 9.04. The van der Waals surface area contributed by atoms with Crippen LogP contribution in [-0.4, -0.2) is 23.5 Å². The van der Waals surface area contributed by atoms with Crippen LogP contribution in [-0.2, 0) is 19.9 Å². The van der Waals surface area contributed by atoms with E-state index in [9.17, 15) is 20.0 Å². The van der Waals surface area contributed by atoms with Gasteiger partial charge in [-0.2, -0.15) is 5.26 Å². The van der Waals surface area contributed by atoms with Gasteiger partial charge in [-0.15, -0.1) is 0 Å². The number of nitriles is 1. The molecule has 1 aliphatic rings. The van der Waals surface area contributed by atoms with Crippen molar-refractivity contribution in [1.82, 2.24) is 0 Å². The molecule has 28 heavy (non-hydrogen) atoms. The number of esters is 1. The highest BCUT2D eigenvalue weighted by Crippen LogP contribution is 2.50. The van der Waals surface area contributed by atoms with Gasteiger partial charge in [-0.3, -0.25) is 9.59 Å². The van der Waals surface area contributed by atoms with Crippen molar-refractivity contribution in [3.05, 3.63) is 70.7 Å². The van der Waals surface area contributed by atoms with Gasteiger partial charge in [0, 0.05) is 17.4 Å². The van der Waals surface area contributed by atoms with Crippen molar-refractivity contribution in [1.29, 1.82) is 5.26 Å². The van der Waals surface area contributed by atoms with Crippen LogP contribution in [0.1, 0.15) is 30.4 Å². The lowest BCUT2D eigenvalue weighted by Crippen LogP contribution is -2.51. The average Bonchev–Trinajstić information content (AvgIpc) is 2.69. The van der Waals surface area contributed by atoms with E-state index >= 15 is 0 Å². The lowest BCUT2D eigenvalue weighted by Gasteiger charge is -2.44. The molecular formula is C22H20ClNO4. The lowest BCUT2D eigenvalue weighted by atomic mass is 9.60. The average molecular weight is 398 g/mol. The van der Waals surface area contributed by atoms with Gasteiger partial charge >= 0.3 is 5.97 Å². The number of aliphatic hydroxyl groups is 1. The zero-order chi connectivity index (χ0) is 20.3. The fraction of sp³-hybridized carbons (Fsp3) is 0.318. The van der Waals surface area contributed by atoms with Crippen LogP contribution in [0, 0.1) is 23.2 Å². The number of ketones is 1. The number of hydrogen-bond acceptors (Lipinski definition) is 5. The summed E-state index contributed by atoms with van der Waals surface area (Å²) in [5, 5.41) is 21.9. The molecule has 1 saturated carbocycles. The van der Waals surface area contributed by atoms with Gasteiger partial charge in [-0.05, 0) is 30.2 Å². The zero-order valence-corrected chi connectivity index (χ0v) is 16.1. The number of rotatable bonds is 4. The van der Waals surface area contributed by atoms with Gasteiger partial charge in [-0.1, -0.05) is 54.1 Å². The van der Waals surface area contributed by atoms with Crippen molar-refractivity contribution in [2.24, 2.45) is 11.8 Å². The molecule has 1 aliphatic carbocycles. The molecule has 0 amide bonds. The fourth-order valence-electron chi connectivity index (χ4n) is 3.95. The van der Waals surface area contributed by atoms with Crippen LogP contribution in [0.25, 0.3) is 0 Å². The Bertz CT molecular complexity index is 906. The van der Waals surface area contributed by atoms with Gasteiger partial charge in [0.15, 0.2) is 5.78 Å². The van der Waals surface area contributed by atoms with Gasteiger partial charge in [0.1, 0.15) is 11.5 Å². The summed E-state index contributed by atoms with van der Waals surface area (Å²) in [4.78, 5) is 25.6. The molecule has 0 aromatic heterocycles. The van der Waals surface area contributed by atoms with E-state index in [2.05, 4.69) is 6.07 Å². The predicted octanol–water partition coefficient (Wildman–Crippen LogP) is 3.60. The number of benzene rings is 2. The Kier molecular flexibility index (Phi) is 5.83. The molecule has 6 heteroatoms. The van der Waals surface area contributed by atoms with Crippen LogP contribution >= 0.6 is 11.6 Å². The molecule has 0 aliphatic heterocycles. The molecule has 0 saturated heterocycles. The first-order valence-corrected chi connectivity index (χ1v) is 9.42. The summed E-state index contributed by atoms with van der Waals surface area (Å²) in [6.45, 7) is 1.78. The number of carbonyl (C=O) groups is 2. The molecular weight excluding hydrogens is 378 g/mol. The van der Waals surface area contributed by atoms with Crippen molar-refractivity contribution >= 4 is 23.4 Å². The molecule has 3 rings (SSSR count). The molecule has 0 unspecified atom stereocenters. The lowest BCUT2D eigenvalue weighted by molar-refractivity contribution is -0.161. The Morgan fingerprint density at radius 2 is 1.89 bits per heavy atom. The number of ether oxygens (including phenoxy) is 1. The Labute approximate surface area is 168 Å². The highest BCUT2D eigenvalue weighted by Gasteiger charge is 2.56. The molecule has 5 nitrogen and oxygen atoms in total. The summed E-state index contributed by atoms with van der Waals surface area (Å²) in [6, 6.07) is 17.4. The van der Waals surface area contributed by atoms with Crippen LogP contribution in [0.2, 0.25) is 5.02 Å². The van der Waals surface area contributed by atoms with Crippen LogP contribution in [0.5, 0.6) is 0 Å². The maximum Gasteiger partial charge on any atom is 0.317 e. The smallest absolute Gasteiger partial charge is 0.317 e. The van der Waals surface area contributed by atoms with Crippen molar-refractivity contribution in [2.45, 2.75) is 24.9 Å². The Morgan fingerprint density at radius 1 is 1.25 bits per heavy atom. The SMILES string of the molecule is CCOC(=O)[C@@H]1C(=O)C[C@](O)(c2ccccc2)[C@H](C#N)[C@@H]1c1ccc(Cl)cc1. The number of nitrogens with zero attached hydrogens (tertiary/aromatic N) is 1. The maximum atomic E-state index is 13.0. The van der Waals surface area contributed by atoms with Gasteiger partial charge in [0.2, 0.25) is 0 Å². The summed E-state index contributed by atoms with van der Waals surface area (Å²) >= 11 is 5.98. The van der Waals surface area contributed by atoms with E-state index in [0.29, 0.717) is 16.1 Å². The zero-order valence-electron chi connectivity index (χ0n) is 15.3. The van der Waals surface area contributed by atoms with Gasteiger partial charge < -0.3 is 9.84 Å². The summed E-state index contributed by atoms with van der Waals surface area (Å²) in [5.74, 6) is -4.16. The van der Waals surface area contributed by atoms with E-state index in [4.69, 9.17) is 16.3 Å². The predicted molar refractivity (Wildman–Crippen MR) is 103 cm³/mol. The highest BCUT2D eigenvalue weighted by atomic mass is 35.5. The van der Waals surface area contributed by atoms with Crippen molar-refractivity contribution in [3.8, 4) is 6.07 Å². The van der Waals surface area contributed by atoms with Gasteiger partial charge in [0.25, 0.3) is 0 Å². The standard InChI is InChI=1S/C22H20ClNO4/c1-2-28-21(26)20-18(25)12-22(27,15-6-4-3-5-7-15)17(13-24)19(20)14-8-10-16(23)11-9-14/h3-11,17,19-20,27H,2,12H2,1H3/t17-,19+,20-,22+/m1/s1. The molecule has 2 aromatic carbocycles. The second kappa shape index (κ2) is 8.14. The quantitative estimate of drug-likeness (QED) is 0.629. The minimum Gasteiger partial charge on any atom is -0.465 e. The molecule has 0 spiro atoms. The van der Waals surface area contributed by atoms with Gasteiger partial charge in [-0.25, -0.2) is 0 Å². The Balaban J connectivity index is 2.16. The largest absolute Gasteiger partial charge is 0.465 e. The first kappa shape index (κ1) is 20.1. The third kappa shape index (κ3) is 3.54. The maximum absolute atomic E-state index is 13.0. The summed E-state index contributed by atoms with van der Waals surface area (Å²) in [7, 11) is 0. The molecule has 1 N–H and O–H groups in total. The first-order chi connectivity index (χ1) is 13.4. The normalized spacial score (nSPS) is 27.1. The summed E-state index contributed by atoms with van der Waals surface area (Å²) in [6.07, 6.45) is -0.331. The summed E-state index contributed by atoms with van der Waals surface area (Å²) < 4.78 is 5.12. The third-order valence-corrected chi connectivity index (χ3v) is 5.48. The highest BCUT2D eigenvalue weighted by molar-refractivity contribution is 6.30. The Hall–Kier alpha value is -2.68. The van der Waals surface area contributed by atoms with E-state index in [1.54, 1.807) is 61.5 Å². The molecule has 0 bridgehead atoms. The minimum atomic E-state index is -1.71. The molecule has 144 valence electrons. The topological polar surface area (TPSA) is 87.4 Å². The van der Waals surface area contributed by atoms with E-state index in [0.717, 1.165) is 0 Å². The van der Waals surface area contributed by atoms with E-state index < -0.39 is 35.1 Å². The second-order valence-electron chi connectivity index (χ2n) is 6.85. The summed E-state index contributed by atoms with van der Waals surface area (Å²) in [5.41, 5.74) is -0.659. The number of carbonyl (C=O) groups excluding carboxylic acids is 2. The third-order valence-electron chi connectivity index (χ3n) is 5.23. The minimum absolute atomic E-state index is 0.121. The fourth-order valence-corrected chi connectivity index (χ4v) is 4.08. The Morgan fingerprint density at radius 3 is 2.46 bits per heavy atom. The van der Waals surface area contributed by atoms with Crippen LogP contribution in [0.3, 0.4) is 0 Å². The molecule has 2 aromatic rings. The van der Waals surface area contributed by atoms with Crippen molar-refractivity contribution in [3.63, 3.8) is 0 Å².